The molecule has 0 spiro atoms. The molecule has 2 rings (SSSR count). The number of aryl methyl sites for hydroxylation is 1. The molecule has 0 bridgehead atoms. The van der Waals surface area contributed by atoms with Crippen LogP contribution in [0.4, 0.5) is 8.78 Å². The van der Waals surface area contributed by atoms with Crippen molar-refractivity contribution in [3.8, 4) is 0 Å². The molecule has 2 aromatic rings. The van der Waals surface area contributed by atoms with Gasteiger partial charge in [-0.1, -0.05) is 6.92 Å². The summed E-state index contributed by atoms with van der Waals surface area (Å²) in [6, 6.07) is 3.03. The summed E-state index contributed by atoms with van der Waals surface area (Å²) in [5.74, 6) is -1.21. The molecule has 0 aliphatic heterocycles. The van der Waals surface area contributed by atoms with E-state index in [2.05, 4.69) is 4.98 Å². The number of imidazole rings is 1. The molecule has 0 aliphatic rings. The second-order valence-corrected chi connectivity index (χ2v) is 4.08. The maximum absolute atomic E-state index is 13.6. The minimum absolute atomic E-state index is 0.0761. The minimum Gasteiger partial charge on any atom is -0.382 e. The Morgan fingerprint density at radius 1 is 1.39 bits per heavy atom. The van der Waals surface area contributed by atoms with Crippen LogP contribution in [-0.2, 0) is 6.54 Å². The van der Waals surface area contributed by atoms with Crippen molar-refractivity contribution in [3.05, 3.63) is 53.6 Å². The van der Waals surface area contributed by atoms with Crippen LogP contribution in [0.1, 0.15) is 30.7 Å². The first-order valence-corrected chi connectivity index (χ1v) is 5.76. The molecule has 1 aromatic heterocycles. The van der Waals surface area contributed by atoms with E-state index in [4.69, 9.17) is 0 Å². The Balaban J connectivity index is 2.38. The summed E-state index contributed by atoms with van der Waals surface area (Å²) in [5, 5.41) is 10.1. The topological polar surface area (TPSA) is 38.0 Å². The van der Waals surface area contributed by atoms with Gasteiger partial charge in [-0.2, -0.15) is 0 Å². The van der Waals surface area contributed by atoms with Crippen LogP contribution in [0.5, 0.6) is 0 Å². The average Bonchev–Trinajstić information content (AvgIpc) is 2.80. The van der Waals surface area contributed by atoms with E-state index in [-0.39, 0.29) is 5.56 Å². The summed E-state index contributed by atoms with van der Waals surface area (Å²) in [4.78, 5) is 3.93. The van der Waals surface area contributed by atoms with Crippen LogP contribution in [0, 0.1) is 11.6 Å². The van der Waals surface area contributed by atoms with Crippen LogP contribution >= 0.6 is 0 Å². The molecule has 0 amide bonds. The highest BCUT2D eigenvalue weighted by Gasteiger charge is 2.19. The Morgan fingerprint density at radius 3 is 2.89 bits per heavy atom. The first kappa shape index (κ1) is 12.7. The third-order valence-corrected chi connectivity index (χ3v) is 2.74. The molecule has 1 aromatic carbocycles. The van der Waals surface area contributed by atoms with E-state index < -0.39 is 17.7 Å². The number of nitrogens with zero attached hydrogens (tertiary/aromatic N) is 2. The van der Waals surface area contributed by atoms with Gasteiger partial charge in [-0.25, -0.2) is 13.8 Å². The molecule has 1 atom stereocenters. The Bertz CT molecular complexity index is 540. The maximum atomic E-state index is 13.6. The molecular weight excluding hydrogens is 238 g/mol. The van der Waals surface area contributed by atoms with Crippen molar-refractivity contribution in [1.82, 2.24) is 9.55 Å². The lowest BCUT2D eigenvalue weighted by molar-refractivity contribution is 0.204. The van der Waals surface area contributed by atoms with Gasteiger partial charge >= 0.3 is 0 Å². The second kappa shape index (κ2) is 5.27. The Labute approximate surface area is 104 Å². The van der Waals surface area contributed by atoms with E-state index >= 15 is 0 Å². The number of halogens is 2. The number of hydrogen-bond acceptors (Lipinski definition) is 2. The molecule has 1 N–H and O–H groups in total. The van der Waals surface area contributed by atoms with E-state index in [0.717, 1.165) is 24.6 Å². The summed E-state index contributed by atoms with van der Waals surface area (Å²) in [5.41, 5.74) is 0.384. The summed E-state index contributed by atoms with van der Waals surface area (Å²) >= 11 is 0. The van der Waals surface area contributed by atoms with Crippen molar-refractivity contribution in [2.45, 2.75) is 26.0 Å². The van der Waals surface area contributed by atoms with Gasteiger partial charge in [0.2, 0.25) is 0 Å². The van der Waals surface area contributed by atoms with Crippen molar-refractivity contribution in [2.24, 2.45) is 0 Å². The Morgan fingerprint density at radius 2 is 2.17 bits per heavy atom. The van der Waals surface area contributed by atoms with Crippen molar-refractivity contribution in [3.63, 3.8) is 0 Å². The molecule has 0 saturated carbocycles. The van der Waals surface area contributed by atoms with Crippen LogP contribution < -0.4 is 0 Å². The normalized spacial score (nSPS) is 12.7. The number of aromatic nitrogens is 2. The quantitative estimate of drug-likeness (QED) is 0.908. The highest BCUT2D eigenvalue weighted by molar-refractivity contribution is 5.27. The fraction of sp³-hybridized carbons (Fsp3) is 0.308. The Hall–Kier alpha value is -1.75. The van der Waals surface area contributed by atoms with Gasteiger partial charge in [0.15, 0.2) is 0 Å². The molecular formula is C13H14F2N2O. The van der Waals surface area contributed by atoms with Gasteiger partial charge in [0.1, 0.15) is 17.7 Å². The van der Waals surface area contributed by atoms with Gasteiger partial charge in [0.05, 0.1) is 18.2 Å². The van der Waals surface area contributed by atoms with Crippen molar-refractivity contribution in [2.75, 3.05) is 0 Å². The molecule has 1 unspecified atom stereocenters. The van der Waals surface area contributed by atoms with E-state index in [1.54, 1.807) is 10.9 Å². The highest BCUT2D eigenvalue weighted by atomic mass is 19.1. The third-order valence-electron chi connectivity index (χ3n) is 2.74. The molecule has 96 valence electrons. The predicted octanol–water partition coefficient (Wildman–Crippen LogP) is 2.65. The fourth-order valence-corrected chi connectivity index (χ4v) is 1.87. The minimum atomic E-state index is -1.21. The van der Waals surface area contributed by atoms with Crippen LogP contribution in [0.25, 0.3) is 0 Å². The summed E-state index contributed by atoms with van der Waals surface area (Å²) in [7, 11) is 0. The van der Waals surface area contributed by atoms with Crippen molar-refractivity contribution < 1.29 is 13.9 Å². The molecule has 1 heterocycles. The van der Waals surface area contributed by atoms with Crippen molar-refractivity contribution >= 4 is 0 Å². The highest BCUT2D eigenvalue weighted by Crippen LogP contribution is 2.25. The predicted molar refractivity (Wildman–Crippen MR) is 62.9 cm³/mol. The van der Waals surface area contributed by atoms with Gasteiger partial charge in [0.25, 0.3) is 0 Å². The smallest absolute Gasteiger partial charge is 0.129 e. The van der Waals surface area contributed by atoms with Gasteiger partial charge < -0.3 is 9.67 Å². The Kier molecular flexibility index (Phi) is 3.72. The zero-order valence-corrected chi connectivity index (χ0v) is 9.98. The van der Waals surface area contributed by atoms with E-state index in [9.17, 15) is 13.9 Å². The second-order valence-electron chi connectivity index (χ2n) is 4.08. The fourth-order valence-electron chi connectivity index (χ4n) is 1.87. The monoisotopic (exact) mass is 252 g/mol. The summed E-state index contributed by atoms with van der Waals surface area (Å²) < 4.78 is 28.4. The number of benzene rings is 1. The van der Waals surface area contributed by atoms with Crippen LogP contribution in [0.2, 0.25) is 0 Å². The largest absolute Gasteiger partial charge is 0.382 e. The van der Waals surface area contributed by atoms with E-state index in [0.29, 0.717) is 12.2 Å². The number of aliphatic hydroxyl groups excluding tert-OH is 1. The average molecular weight is 252 g/mol. The van der Waals surface area contributed by atoms with Gasteiger partial charge in [-0.3, -0.25) is 0 Å². The van der Waals surface area contributed by atoms with E-state index in [1.165, 1.54) is 6.20 Å². The number of hydrogen-bond donors (Lipinski definition) is 1. The molecule has 0 aliphatic carbocycles. The van der Waals surface area contributed by atoms with Gasteiger partial charge in [0, 0.05) is 12.1 Å². The first-order valence-electron chi connectivity index (χ1n) is 5.76. The zero-order chi connectivity index (χ0) is 13.1. The lowest BCUT2D eigenvalue weighted by Gasteiger charge is -2.14. The lowest BCUT2D eigenvalue weighted by atomic mass is 10.1. The first-order chi connectivity index (χ1) is 8.63. The molecule has 0 fully saturated rings. The molecule has 3 nitrogen and oxygen atoms in total. The molecule has 0 radical (unpaired) electrons. The van der Waals surface area contributed by atoms with Crippen LogP contribution in [-0.4, -0.2) is 14.7 Å². The molecule has 18 heavy (non-hydrogen) atoms. The number of rotatable bonds is 4. The maximum Gasteiger partial charge on any atom is 0.129 e. The number of aliphatic hydroxyl groups is 1. The van der Waals surface area contributed by atoms with Crippen LogP contribution in [0.15, 0.2) is 30.7 Å². The summed E-state index contributed by atoms with van der Waals surface area (Å²) in [6.07, 6.45) is 2.68. The third kappa shape index (κ3) is 2.41. The van der Waals surface area contributed by atoms with E-state index in [1.807, 2.05) is 6.92 Å². The van der Waals surface area contributed by atoms with Crippen LogP contribution in [0.3, 0.4) is 0 Å². The zero-order valence-electron chi connectivity index (χ0n) is 9.98. The molecule has 0 saturated heterocycles. The molecule has 5 heteroatoms. The van der Waals surface area contributed by atoms with Gasteiger partial charge in [-0.05, 0) is 24.6 Å². The van der Waals surface area contributed by atoms with Gasteiger partial charge in [-0.15, -0.1) is 0 Å². The summed E-state index contributed by atoms with van der Waals surface area (Å²) in [6.45, 7) is 2.66. The van der Waals surface area contributed by atoms with Crippen molar-refractivity contribution in [1.29, 1.82) is 0 Å². The SMILES string of the molecule is CCCn1cncc1C(O)c1cc(F)ccc1F. The standard InChI is InChI=1S/C13H14F2N2O/c1-2-5-17-8-16-7-12(17)13(18)10-6-9(14)3-4-11(10)15/h3-4,6-8,13,18H,2,5H2,1H3. The lowest BCUT2D eigenvalue weighted by Crippen LogP contribution is -2.10.